The number of carbonyl (C=O) groups is 2. The molecule has 0 heterocycles. The van der Waals surface area contributed by atoms with Gasteiger partial charge in [-0.3, -0.25) is 9.59 Å². The lowest BCUT2D eigenvalue weighted by Crippen LogP contribution is -2.30. The minimum absolute atomic E-state index is 0.172. The summed E-state index contributed by atoms with van der Waals surface area (Å²) < 4.78 is 50.4. The van der Waals surface area contributed by atoms with Gasteiger partial charge in [-0.05, 0) is 44.2 Å². The highest BCUT2D eigenvalue weighted by Crippen LogP contribution is 2.29. The van der Waals surface area contributed by atoms with Gasteiger partial charge in [-0.1, -0.05) is 0 Å². The Labute approximate surface area is 147 Å². The van der Waals surface area contributed by atoms with Crippen LogP contribution in [0.15, 0.2) is 30.3 Å². The number of Topliss-reactive ketones (excluding diaryl/α,β-unsaturated/α-hetero) is 1. The molecule has 0 aromatic heterocycles. The molecule has 0 aliphatic rings. The second-order valence-corrected chi connectivity index (χ2v) is 5.39. The summed E-state index contributed by atoms with van der Waals surface area (Å²) in [6.45, 7) is 2.77. The molecular formula is C18H16F3NO4. The van der Waals surface area contributed by atoms with Crippen LogP contribution in [-0.2, 0) is 4.79 Å². The second kappa shape index (κ2) is 7.90. The van der Waals surface area contributed by atoms with Crippen LogP contribution in [0, 0.1) is 17.5 Å². The molecule has 0 unspecified atom stereocenters. The number of ketones is 1. The van der Waals surface area contributed by atoms with Gasteiger partial charge in [0.15, 0.2) is 40.8 Å². The summed E-state index contributed by atoms with van der Waals surface area (Å²) in [5, 5.41) is 2.12. The number of nitrogens with one attached hydrogen (secondary N) is 1. The van der Waals surface area contributed by atoms with Crippen LogP contribution >= 0.6 is 0 Å². The number of rotatable bonds is 6. The van der Waals surface area contributed by atoms with Gasteiger partial charge in [0.05, 0.1) is 12.8 Å². The first-order valence-corrected chi connectivity index (χ1v) is 7.54. The van der Waals surface area contributed by atoms with Crippen molar-refractivity contribution in [2.45, 2.75) is 20.0 Å². The molecule has 1 N–H and O–H groups in total. The Morgan fingerprint density at radius 1 is 1.04 bits per heavy atom. The van der Waals surface area contributed by atoms with Gasteiger partial charge >= 0.3 is 0 Å². The monoisotopic (exact) mass is 367 g/mol. The van der Waals surface area contributed by atoms with Gasteiger partial charge in [-0.25, -0.2) is 13.2 Å². The Hall–Kier alpha value is -3.03. The van der Waals surface area contributed by atoms with E-state index in [1.807, 2.05) is 0 Å². The lowest BCUT2D eigenvalue weighted by atomic mass is 10.1. The molecular weight excluding hydrogens is 351 g/mol. The molecule has 0 saturated heterocycles. The highest BCUT2D eigenvalue weighted by Gasteiger charge is 2.21. The molecule has 5 nitrogen and oxygen atoms in total. The largest absolute Gasteiger partial charge is 0.493 e. The molecule has 0 saturated carbocycles. The molecule has 0 aliphatic heterocycles. The van der Waals surface area contributed by atoms with E-state index in [1.165, 1.54) is 39.2 Å². The Balaban J connectivity index is 2.15. The van der Waals surface area contributed by atoms with Gasteiger partial charge in [0.2, 0.25) is 0 Å². The topological polar surface area (TPSA) is 64.6 Å². The summed E-state index contributed by atoms with van der Waals surface area (Å²) in [6.07, 6.45) is -1.11. The number of ether oxygens (including phenoxy) is 2. The maximum atomic E-state index is 13.6. The normalized spacial score (nSPS) is 11.6. The molecule has 26 heavy (non-hydrogen) atoms. The number of amides is 1. The first-order valence-electron chi connectivity index (χ1n) is 7.54. The standard InChI is InChI=1S/C18H16F3NO4/c1-9(23)11-4-7-14(15(8-11)25-3)26-10(2)18(24)22-13-6-5-12(19)16(20)17(13)21/h4-8,10H,1-3H3,(H,22,24)/t10-/m0/s1. The van der Waals surface area contributed by atoms with Crippen molar-refractivity contribution in [1.29, 1.82) is 0 Å². The Morgan fingerprint density at radius 2 is 1.73 bits per heavy atom. The number of benzene rings is 2. The molecule has 2 aromatic carbocycles. The van der Waals surface area contributed by atoms with Gasteiger partial charge in [0.25, 0.3) is 5.91 Å². The first kappa shape index (κ1) is 19.3. The Kier molecular flexibility index (Phi) is 5.86. The summed E-state index contributed by atoms with van der Waals surface area (Å²) in [4.78, 5) is 23.5. The number of carbonyl (C=O) groups excluding carboxylic acids is 2. The molecule has 1 amide bonds. The molecule has 1 atom stereocenters. The quantitative estimate of drug-likeness (QED) is 0.624. The minimum Gasteiger partial charge on any atom is -0.493 e. The Morgan fingerprint density at radius 3 is 2.35 bits per heavy atom. The third-order valence-corrected chi connectivity index (χ3v) is 3.54. The van der Waals surface area contributed by atoms with Crippen LogP contribution in [0.4, 0.5) is 18.9 Å². The summed E-state index contributed by atoms with van der Waals surface area (Å²) in [5.41, 5.74) is -0.113. The average molecular weight is 367 g/mol. The summed E-state index contributed by atoms with van der Waals surface area (Å²) >= 11 is 0. The van der Waals surface area contributed by atoms with E-state index < -0.39 is 35.2 Å². The highest BCUT2D eigenvalue weighted by molar-refractivity contribution is 5.95. The molecule has 0 radical (unpaired) electrons. The van der Waals surface area contributed by atoms with Crippen molar-refractivity contribution in [2.24, 2.45) is 0 Å². The van der Waals surface area contributed by atoms with E-state index in [0.717, 1.165) is 6.07 Å². The third kappa shape index (κ3) is 4.14. The van der Waals surface area contributed by atoms with Gasteiger partial charge in [0, 0.05) is 5.56 Å². The molecule has 0 aliphatic carbocycles. The van der Waals surface area contributed by atoms with E-state index in [1.54, 1.807) is 0 Å². The fourth-order valence-electron chi connectivity index (χ4n) is 2.08. The molecule has 0 fully saturated rings. The van der Waals surface area contributed by atoms with E-state index >= 15 is 0 Å². The number of hydrogen-bond donors (Lipinski definition) is 1. The molecule has 8 heteroatoms. The smallest absolute Gasteiger partial charge is 0.265 e. The van der Waals surface area contributed by atoms with Crippen molar-refractivity contribution in [3.8, 4) is 11.5 Å². The van der Waals surface area contributed by atoms with Gasteiger partial charge in [-0.15, -0.1) is 0 Å². The lowest BCUT2D eigenvalue weighted by Gasteiger charge is -2.17. The van der Waals surface area contributed by atoms with Crippen molar-refractivity contribution < 1.29 is 32.2 Å². The zero-order valence-electron chi connectivity index (χ0n) is 14.2. The van der Waals surface area contributed by atoms with Crippen LogP contribution in [0.3, 0.4) is 0 Å². The molecule has 138 valence electrons. The average Bonchev–Trinajstić information content (AvgIpc) is 2.62. The van der Waals surface area contributed by atoms with Crippen molar-refractivity contribution in [3.63, 3.8) is 0 Å². The maximum Gasteiger partial charge on any atom is 0.265 e. The van der Waals surface area contributed by atoms with Crippen molar-refractivity contribution in [2.75, 3.05) is 12.4 Å². The lowest BCUT2D eigenvalue weighted by molar-refractivity contribution is -0.122. The van der Waals surface area contributed by atoms with Crippen LogP contribution in [0.1, 0.15) is 24.2 Å². The van der Waals surface area contributed by atoms with Gasteiger partial charge < -0.3 is 14.8 Å². The van der Waals surface area contributed by atoms with E-state index in [9.17, 15) is 22.8 Å². The zero-order valence-corrected chi connectivity index (χ0v) is 14.2. The number of hydrogen-bond acceptors (Lipinski definition) is 4. The van der Waals surface area contributed by atoms with Crippen LogP contribution < -0.4 is 14.8 Å². The second-order valence-electron chi connectivity index (χ2n) is 5.39. The van der Waals surface area contributed by atoms with E-state index in [4.69, 9.17) is 9.47 Å². The Bertz CT molecular complexity index is 855. The fraction of sp³-hybridized carbons (Fsp3) is 0.222. The SMILES string of the molecule is COc1cc(C(C)=O)ccc1O[C@@H](C)C(=O)Nc1ccc(F)c(F)c1F. The molecule has 2 rings (SSSR count). The van der Waals surface area contributed by atoms with Crippen LogP contribution in [0.5, 0.6) is 11.5 Å². The van der Waals surface area contributed by atoms with Crippen molar-refractivity contribution in [3.05, 3.63) is 53.3 Å². The summed E-state index contributed by atoms with van der Waals surface area (Å²) in [5.74, 6) is -5.09. The van der Waals surface area contributed by atoms with Crippen molar-refractivity contribution in [1.82, 2.24) is 0 Å². The number of anilines is 1. The zero-order chi connectivity index (χ0) is 19.4. The van der Waals surface area contributed by atoms with Gasteiger partial charge in [0.1, 0.15) is 0 Å². The summed E-state index contributed by atoms with van der Waals surface area (Å²) in [7, 11) is 1.37. The minimum atomic E-state index is -1.68. The van der Waals surface area contributed by atoms with Crippen molar-refractivity contribution >= 4 is 17.4 Å². The number of halogens is 3. The molecule has 0 spiro atoms. The maximum absolute atomic E-state index is 13.6. The predicted molar refractivity (Wildman–Crippen MR) is 88.0 cm³/mol. The first-order chi connectivity index (χ1) is 12.2. The molecule has 0 bridgehead atoms. The van der Waals surface area contributed by atoms with Crippen LogP contribution in [0.25, 0.3) is 0 Å². The summed E-state index contributed by atoms with van der Waals surface area (Å²) in [6, 6.07) is 6.01. The number of methoxy groups -OCH3 is 1. The van der Waals surface area contributed by atoms with Crippen LogP contribution in [0.2, 0.25) is 0 Å². The fourth-order valence-corrected chi connectivity index (χ4v) is 2.08. The third-order valence-electron chi connectivity index (χ3n) is 3.54. The van der Waals surface area contributed by atoms with E-state index in [2.05, 4.69) is 5.32 Å². The van der Waals surface area contributed by atoms with E-state index in [0.29, 0.717) is 11.6 Å². The molecule has 2 aromatic rings. The van der Waals surface area contributed by atoms with E-state index in [-0.39, 0.29) is 17.3 Å². The van der Waals surface area contributed by atoms with Crippen LogP contribution in [-0.4, -0.2) is 24.9 Å². The predicted octanol–water partition coefficient (Wildman–Crippen LogP) is 3.72. The highest BCUT2D eigenvalue weighted by atomic mass is 19.2. The van der Waals surface area contributed by atoms with Gasteiger partial charge in [-0.2, -0.15) is 0 Å².